The third-order valence-electron chi connectivity index (χ3n) is 5.07. The SMILES string of the molecule is C[C@@H]1CCCN(Cc2ccc(C(=O)NCc3cccc(C(F)(F)F)c3)cc2)C1. The summed E-state index contributed by atoms with van der Waals surface area (Å²) in [6, 6.07) is 12.4. The maximum atomic E-state index is 12.8. The molecule has 0 aromatic heterocycles. The number of likely N-dealkylation sites (tertiary alicyclic amines) is 1. The Balaban J connectivity index is 1.55. The summed E-state index contributed by atoms with van der Waals surface area (Å²) in [7, 11) is 0. The number of benzene rings is 2. The fourth-order valence-electron chi connectivity index (χ4n) is 3.59. The Kier molecular flexibility index (Phi) is 6.39. The molecule has 1 aliphatic heterocycles. The van der Waals surface area contributed by atoms with E-state index >= 15 is 0 Å². The fraction of sp³-hybridized carbons (Fsp3) is 0.409. The van der Waals surface area contributed by atoms with Crippen LogP contribution in [0.25, 0.3) is 0 Å². The van der Waals surface area contributed by atoms with Gasteiger partial charge in [0.25, 0.3) is 5.91 Å². The molecule has 6 heteroatoms. The molecule has 0 bridgehead atoms. The number of hydrogen-bond acceptors (Lipinski definition) is 2. The molecule has 0 spiro atoms. The molecule has 1 aliphatic rings. The van der Waals surface area contributed by atoms with E-state index in [2.05, 4.69) is 17.1 Å². The zero-order chi connectivity index (χ0) is 20.1. The number of nitrogens with one attached hydrogen (secondary N) is 1. The zero-order valence-electron chi connectivity index (χ0n) is 15.9. The van der Waals surface area contributed by atoms with Crippen LogP contribution < -0.4 is 5.32 Å². The molecule has 3 nitrogen and oxygen atoms in total. The van der Waals surface area contributed by atoms with E-state index in [0.717, 1.165) is 43.2 Å². The molecule has 1 amide bonds. The van der Waals surface area contributed by atoms with Crippen LogP contribution in [-0.2, 0) is 19.3 Å². The van der Waals surface area contributed by atoms with Gasteiger partial charge >= 0.3 is 6.18 Å². The molecular weight excluding hydrogens is 365 g/mol. The molecule has 3 rings (SSSR count). The van der Waals surface area contributed by atoms with Crippen molar-refractivity contribution in [1.29, 1.82) is 0 Å². The van der Waals surface area contributed by atoms with Crippen molar-refractivity contribution >= 4 is 5.91 Å². The van der Waals surface area contributed by atoms with Crippen LogP contribution in [0.4, 0.5) is 13.2 Å². The second-order valence-electron chi connectivity index (χ2n) is 7.56. The van der Waals surface area contributed by atoms with Crippen LogP contribution in [0.3, 0.4) is 0 Å². The number of halogens is 3. The summed E-state index contributed by atoms with van der Waals surface area (Å²) < 4.78 is 38.3. The number of carbonyl (C=O) groups is 1. The Hall–Kier alpha value is -2.34. The Morgan fingerprint density at radius 2 is 1.89 bits per heavy atom. The van der Waals surface area contributed by atoms with Gasteiger partial charge in [-0.05, 0) is 60.7 Å². The molecule has 0 saturated carbocycles. The lowest BCUT2D eigenvalue weighted by Gasteiger charge is -2.30. The average Bonchev–Trinajstić information content (AvgIpc) is 2.66. The normalized spacial score (nSPS) is 18.1. The van der Waals surface area contributed by atoms with Gasteiger partial charge in [-0.3, -0.25) is 9.69 Å². The van der Waals surface area contributed by atoms with Gasteiger partial charge in [-0.2, -0.15) is 13.2 Å². The number of carbonyl (C=O) groups excluding carboxylic acids is 1. The van der Waals surface area contributed by atoms with Gasteiger partial charge < -0.3 is 5.32 Å². The smallest absolute Gasteiger partial charge is 0.348 e. The number of alkyl halides is 3. The molecule has 1 heterocycles. The quantitative estimate of drug-likeness (QED) is 0.790. The van der Waals surface area contributed by atoms with E-state index in [1.54, 1.807) is 18.2 Å². The van der Waals surface area contributed by atoms with Crippen LogP contribution in [0.15, 0.2) is 48.5 Å². The van der Waals surface area contributed by atoms with Crippen molar-refractivity contribution in [2.75, 3.05) is 13.1 Å². The van der Waals surface area contributed by atoms with Crippen molar-refractivity contribution in [3.05, 3.63) is 70.8 Å². The number of hydrogen-bond donors (Lipinski definition) is 1. The molecule has 2 aromatic carbocycles. The minimum atomic E-state index is -4.39. The molecule has 1 saturated heterocycles. The summed E-state index contributed by atoms with van der Waals surface area (Å²) in [6.45, 7) is 5.39. The van der Waals surface area contributed by atoms with Crippen molar-refractivity contribution in [3.63, 3.8) is 0 Å². The summed E-state index contributed by atoms with van der Waals surface area (Å²) in [5.74, 6) is 0.421. The predicted octanol–water partition coefficient (Wildman–Crippen LogP) is 4.87. The lowest BCUT2D eigenvalue weighted by atomic mass is 9.99. The number of piperidine rings is 1. The first-order chi connectivity index (χ1) is 13.3. The van der Waals surface area contributed by atoms with Crippen molar-refractivity contribution < 1.29 is 18.0 Å². The summed E-state index contributed by atoms with van der Waals surface area (Å²) in [6.07, 6.45) is -1.89. The van der Waals surface area contributed by atoms with E-state index in [0.29, 0.717) is 11.1 Å². The van der Waals surface area contributed by atoms with Crippen molar-refractivity contribution in [1.82, 2.24) is 10.2 Å². The summed E-state index contributed by atoms with van der Waals surface area (Å²) in [5, 5.41) is 2.68. The van der Waals surface area contributed by atoms with Crippen LogP contribution >= 0.6 is 0 Å². The monoisotopic (exact) mass is 390 g/mol. The van der Waals surface area contributed by atoms with E-state index < -0.39 is 11.7 Å². The van der Waals surface area contributed by atoms with E-state index in [4.69, 9.17) is 0 Å². The standard InChI is InChI=1S/C22H25F3N2O/c1-16-4-3-11-27(14-16)15-17-7-9-19(10-8-17)21(28)26-13-18-5-2-6-20(12-18)22(23,24)25/h2,5-10,12,16H,3-4,11,13-15H2,1H3,(H,26,28)/t16-/m1/s1. The van der Waals surface area contributed by atoms with Gasteiger partial charge in [-0.1, -0.05) is 31.2 Å². The molecule has 1 N–H and O–H groups in total. The van der Waals surface area contributed by atoms with Crippen molar-refractivity contribution in [2.24, 2.45) is 5.92 Å². The van der Waals surface area contributed by atoms with E-state index in [-0.39, 0.29) is 12.5 Å². The molecule has 0 aliphatic carbocycles. The highest BCUT2D eigenvalue weighted by atomic mass is 19.4. The highest BCUT2D eigenvalue weighted by Gasteiger charge is 2.30. The Morgan fingerprint density at radius 1 is 1.14 bits per heavy atom. The summed E-state index contributed by atoms with van der Waals surface area (Å²) in [4.78, 5) is 14.7. The van der Waals surface area contributed by atoms with Gasteiger partial charge in [0.05, 0.1) is 5.56 Å². The van der Waals surface area contributed by atoms with Gasteiger partial charge in [-0.15, -0.1) is 0 Å². The first-order valence-corrected chi connectivity index (χ1v) is 9.57. The lowest BCUT2D eigenvalue weighted by Crippen LogP contribution is -2.33. The topological polar surface area (TPSA) is 32.3 Å². The summed E-state index contributed by atoms with van der Waals surface area (Å²) in [5.41, 5.74) is 1.36. The predicted molar refractivity (Wildman–Crippen MR) is 103 cm³/mol. The van der Waals surface area contributed by atoms with Gasteiger partial charge in [0.1, 0.15) is 0 Å². The van der Waals surface area contributed by atoms with Gasteiger partial charge in [0.2, 0.25) is 0 Å². The van der Waals surface area contributed by atoms with Crippen molar-refractivity contribution in [3.8, 4) is 0 Å². The molecule has 0 radical (unpaired) electrons. The zero-order valence-corrected chi connectivity index (χ0v) is 15.9. The van der Waals surface area contributed by atoms with E-state index in [1.165, 1.54) is 18.9 Å². The Morgan fingerprint density at radius 3 is 2.57 bits per heavy atom. The van der Waals surface area contributed by atoms with Crippen LogP contribution in [0.2, 0.25) is 0 Å². The van der Waals surface area contributed by atoms with Crippen molar-refractivity contribution in [2.45, 2.75) is 39.0 Å². The first kappa shape index (κ1) is 20.4. The maximum absolute atomic E-state index is 12.8. The van der Waals surface area contributed by atoms with Gasteiger partial charge in [0.15, 0.2) is 0 Å². The molecule has 150 valence electrons. The minimum Gasteiger partial charge on any atom is -0.348 e. The number of rotatable bonds is 5. The number of nitrogens with zero attached hydrogens (tertiary/aromatic N) is 1. The molecular formula is C22H25F3N2O. The molecule has 1 fully saturated rings. The average molecular weight is 390 g/mol. The minimum absolute atomic E-state index is 0.0518. The Bertz CT molecular complexity index is 802. The lowest BCUT2D eigenvalue weighted by molar-refractivity contribution is -0.137. The van der Waals surface area contributed by atoms with Gasteiger partial charge in [-0.25, -0.2) is 0 Å². The van der Waals surface area contributed by atoms with E-state index in [9.17, 15) is 18.0 Å². The molecule has 28 heavy (non-hydrogen) atoms. The van der Waals surface area contributed by atoms with E-state index in [1.807, 2.05) is 12.1 Å². The first-order valence-electron chi connectivity index (χ1n) is 9.57. The molecule has 2 aromatic rings. The third-order valence-corrected chi connectivity index (χ3v) is 5.07. The largest absolute Gasteiger partial charge is 0.416 e. The fourth-order valence-corrected chi connectivity index (χ4v) is 3.59. The second-order valence-corrected chi connectivity index (χ2v) is 7.56. The van der Waals surface area contributed by atoms with Gasteiger partial charge in [0, 0.05) is 25.2 Å². The third kappa shape index (κ3) is 5.58. The van der Waals surface area contributed by atoms with Crippen LogP contribution in [0.5, 0.6) is 0 Å². The Labute approximate surface area is 163 Å². The second kappa shape index (κ2) is 8.78. The maximum Gasteiger partial charge on any atom is 0.416 e. The van der Waals surface area contributed by atoms with Crippen LogP contribution in [0, 0.1) is 5.92 Å². The summed E-state index contributed by atoms with van der Waals surface area (Å²) >= 11 is 0. The molecule has 0 unspecified atom stereocenters. The molecule has 1 atom stereocenters. The highest BCUT2D eigenvalue weighted by molar-refractivity contribution is 5.94. The van der Waals surface area contributed by atoms with Crippen LogP contribution in [-0.4, -0.2) is 23.9 Å². The number of amides is 1. The highest BCUT2D eigenvalue weighted by Crippen LogP contribution is 2.29. The van der Waals surface area contributed by atoms with Crippen LogP contribution in [0.1, 0.15) is 46.8 Å².